The third-order valence-corrected chi connectivity index (χ3v) is 4.44. The lowest BCUT2D eigenvalue weighted by Gasteiger charge is -2.17. The molecule has 0 saturated heterocycles. The zero-order valence-corrected chi connectivity index (χ0v) is 16.5. The summed E-state index contributed by atoms with van der Waals surface area (Å²) in [7, 11) is 0. The SMILES string of the molecule is CCCCCCCCCCCCCCOC(=O)N[C@H](C(=O)O)C(C)C. The van der Waals surface area contributed by atoms with Gasteiger partial charge in [-0.2, -0.15) is 0 Å². The van der Waals surface area contributed by atoms with E-state index in [-0.39, 0.29) is 5.92 Å². The standard InChI is InChI=1S/C20H39NO4/c1-4-5-6-7-8-9-10-11-12-13-14-15-16-25-20(24)21-18(17(2)3)19(22)23/h17-18H,4-16H2,1-3H3,(H,21,24)(H,22,23)/t18-/m0/s1. The van der Waals surface area contributed by atoms with E-state index < -0.39 is 18.1 Å². The Morgan fingerprint density at radius 1 is 0.840 bits per heavy atom. The van der Waals surface area contributed by atoms with Gasteiger partial charge in [-0.15, -0.1) is 0 Å². The number of carbonyl (C=O) groups excluding carboxylic acids is 1. The van der Waals surface area contributed by atoms with E-state index in [1.54, 1.807) is 13.8 Å². The van der Waals surface area contributed by atoms with Crippen LogP contribution < -0.4 is 5.32 Å². The molecule has 0 rings (SSSR count). The molecule has 0 aliphatic heterocycles. The summed E-state index contributed by atoms with van der Waals surface area (Å²) in [5.74, 6) is -1.20. The van der Waals surface area contributed by atoms with Crippen molar-refractivity contribution in [1.29, 1.82) is 0 Å². The normalized spacial score (nSPS) is 12.2. The molecule has 0 unspecified atom stereocenters. The molecular weight excluding hydrogens is 318 g/mol. The molecule has 5 heteroatoms. The van der Waals surface area contributed by atoms with Crippen molar-refractivity contribution in [3.8, 4) is 0 Å². The van der Waals surface area contributed by atoms with Gasteiger partial charge in [-0.3, -0.25) is 0 Å². The van der Waals surface area contributed by atoms with Gasteiger partial charge in [-0.25, -0.2) is 9.59 Å². The van der Waals surface area contributed by atoms with E-state index in [4.69, 9.17) is 9.84 Å². The van der Waals surface area contributed by atoms with Crippen LogP contribution >= 0.6 is 0 Å². The van der Waals surface area contributed by atoms with Crippen LogP contribution in [0.25, 0.3) is 0 Å². The largest absolute Gasteiger partial charge is 0.480 e. The first kappa shape index (κ1) is 23.7. The first-order chi connectivity index (χ1) is 12.0. The second kappa shape index (κ2) is 16.2. The van der Waals surface area contributed by atoms with Crippen LogP contribution in [0.1, 0.15) is 97.8 Å². The second-order valence-corrected chi connectivity index (χ2v) is 7.23. The molecule has 0 radical (unpaired) electrons. The van der Waals surface area contributed by atoms with Crippen LogP contribution in [0.15, 0.2) is 0 Å². The summed E-state index contributed by atoms with van der Waals surface area (Å²) in [4.78, 5) is 22.6. The van der Waals surface area contributed by atoms with E-state index in [0.717, 1.165) is 12.8 Å². The highest BCUT2D eigenvalue weighted by Gasteiger charge is 2.23. The highest BCUT2D eigenvalue weighted by molar-refractivity contribution is 5.80. The fourth-order valence-electron chi connectivity index (χ4n) is 2.79. The van der Waals surface area contributed by atoms with Gasteiger partial charge < -0.3 is 15.2 Å². The first-order valence-electron chi connectivity index (χ1n) is 10.1. The molecule has 0 saturated carbocycles. The molecule has 148 valence electrons. The fraction of sp³-hybridized carbons (Fsp3) is 0.900. The van der Waals surface area contributed by atoms with E-state index in [0.29, 0.717) is 6.61 Å². The lowest BCUT2D eigenvalue weighted by molar-refractivity contribution is -0.140. The summed E-state index contributed by atoms with van der Waals surface area (Å²) in [5.41, 5.74) is 0. The molecule has 0 aromatic heterocycles. The lowest BCUT2D eigenvalue weighted by Crippen LogP contribution is -2.44. The quantitative estimate of drug-likeness (QED) is 0.356. The zero-order valence-electron chi connectivity index (χ0n) is 16.5. The number of aliphatic carboxylic acids is 1. The van der Waals surface area contributed by atoms with Crippen molar-refractivity contribution in [2.24, 2.45) is 5.92 Å². The Kier molecular flexibility index (Phi) is 15.4. The van der Waals surface area contributed by atoms with Gasteiger partial charge in [-0.1, -0.05) is 91.4 Å². The van der Waals surface area contributed by atoms with Crippen molar-refractivity contribution in [1.82, 2.24) is 5.32 Å². The molecular formula is C20H39NO4. The Labute approximate surface area is 153 Å². The molecule has 0 spiro atoms. The van der Waals surface area contributed by atoms with Gasteiger partial charge in [0.1, 0.15) is 6.04 Å². The molecule has 0 aromatic rings. The lowest BCUT2D eigenvalue weighted by atomic mass is 10.1. The number of hydrogen-bond donors (Lipinski definition) is 2. The molecule has 0 aromatic carbocycles. The van der Waals surface area contributed by atoms with Gasteiger partial charge >= 0.3 is 12.1 Å². The molecule has 25 heavy (non-hydrogen) atoms. The minimum atomic E-state index is -1.03. The Bertz CT molecular complexity index is 345. The Balaban J connectivity index is 3.40. The van der Waals surface area contributed by atoms with Crippen LogP contribution in [0.4, 0.5) is 4.79 Å². The fourth-order valence-corrected chi connectivity index (χ4v) is 2.79. The second-order valence-electron chi connectivity index (χ2n) is 7.23. The number of unbranched alkanes of at least 4 members (excludes halogenated alkanes) is 11. The van der Waals surface area contributed by atoms with Crippen molar-refractivity contribution in [2.75, 3.05) is 6.61 Å². The maximum atomic E-state index is 11.6. The summed E-state index contributed by atoms with van der Waals surface area (Å²) >= 11 is 0. The summed E-state index contributed by atoms with van der Waals surface area (Å²) in [6.45, 7) is 6.11. The van der Waals surface area contributed by atoms with E-state index in [1.165, 1.54) is 64.2 Å². The summed E-state index contributed by atoms with van der Waals surface area (Å²) in [5, 5.41) is 11.4. The van der Waals surface area contributed by atoms with Crippen LogP contribution in [0.5, 0.6) is 0 Å². The number of ether oxygens (including phenoxy) is 1. The van der Waals surface area contributed by atoms with Crippen LogP contribution in [0, 0.1) is 5.92 Å². The summed E-state index contributed by atoms with van der Waals surface area (Å²) in [6, 6.07) is -0.894. The van der Waals surface area contributed by atoms with Crippen molar-refractivity contribution >= 4 is 12.1 Å². The molecule has 0 fully saturated rings. The van der Waals surface area contributed by atoms with Crippen LogP contribution in [-0.2, 0) is 9.53 Å². The van der Waals surface area contributed by atoms with Gasteiger partial charge in [0, 0.05) is 0 Å². The summed E-state index contributed by atoms with van der Waals surface area (Å²) in [6.07, 6.45) is 14.5. The number of carboxylic acids is 1. The maximum Gasteiger partial charge on any atom is 0.407 e. The van der Waals surface area contributed by atoms with Gasteiger partial charge in [0.15, 0.2) is 0 Å². The van der Waals surface area contributed by atoms with Gasteiger partial charge in [0.2, 0.25) is 0 Å². The van der Waals surface area contributed by atoms with Crippen LogP contribution in [0.2, 0.25) is 0 Å². The Morgan fingerprint density at radius 2 is 1.28 bits per heavy atom. The zero-order chi connectivity index (χ0) is 18.9. The monoisotopic (exact) mass is 357 g/mol. The third-order valence-electron chi connectivity index (χ3n) is 4.44. The first-order valence-corrected chi connectivity index (χ1v) is 10.1. The Hall–Kier alpha value is -1.26. The Morgan fingerprint density at radius 3 is 1.68 bits per heavy atom. The van der Waals surface area contributed by atoms with E-state index in [2.05, 4.69) is 12.2 Å². The van der Waals surface area contributed by atoms with Gasteiger partial charge in [0.25, 0.3) is 0 Å². The minimum Gasteiger partial charge on any atom is -0.480 e. The number of amides is 1. The predicted molar refractivity (Wildman–Crippen MR) is 102 cm³/mol. The van der Waals surface area contributed by atoms with Gasteiger partial charge in [-0.05, 0) is 12.3 Å². The van der Waals surface area contributed by atoms with Gasteiger partial charge in [0.05, 0.1) is 6.61 Å². The van der Waals surface area contributed by atoms with E-state index in [9.17, 15) is 9.59 Å². The number of hydrogen-bond acceptors (Lipinski definition) is 3. The number of carbonyl (C=O) groups is 2. The molecule has 2 N–H and O–H groups in total. The topological polar surface area (TPSA) is 75.6 Å². The van der Waals surface area contributed by atoms with Crippen molar-refractivity contribution in [2.45, 2.75) is 104 Å². The van der Waals surface area contributed by atoms with Crippen molar-refractivity contribution in [3.05, 3.63) is 0 Å². The van der Waals surface area contributed by atoms with Crippen molar-refractivity contribution in [3.63, 3.8) is 0 Å². The van der Waals surface area contributed by atoms with Crippen LogP contribution in [0.3, 0.4) is 0 Å². The third kappa shape index (κ3) is 14.8. The average Bonchev–Trinajstić information content (AvgIpc) is 2.56. The molecule has 0 bridgehead atoms. The molecule has 0 aliphatic carbocycles. The molecule has 1 atom stereocenters. The summed E-state index contributed by atoms with van der Waals surface area (Å²) < 4.78 is 5.05. The number of alkyl carbamates (subject to hydrolysis) is 1. The predicted octanol–water partition coefficient (Wildman–Crippen LogP) is 5.52. The molecule has 1 amide bonds. The highest BCUT2D eigenvalue weighted by Crippen LogP contribution is 2.12. The minimum absolute atomic E-state index is 0.170. The van der Waals surface area contributed by atoms with Crippen LogP contribution in [-0.4, -0.2) is 29.8 Å². The van der Waals surface area contributed by atoms with E-state index >= 15 is 0 Å². The molecule has 5 nitrogen and oxygen atoms in total. The number of nitrogens with one attached hydrogen (secondary N) is 1. The molecule has 0 aliphatic rings. The van der Waals surface area contributed by atoms with Crippen molar-refractivity contribution < 1.29 is 19.4 Å². The smallest absolute Gasteiger partial charge is 0.407 e. The maximum absolute atomic E-state index is 11.6. The highest BCUT2D eigenvalue weighted by atomic mass is 16.5. The van der Waals surface area contributed by atoms with E-state index in [1.807, 2.05) is 0 Å². The number of rotatable bonds is 16. The molecule has 0 heterocycles. The average molecular weight is 358 g/mol. The number of carboxylic acid groups (broad SMARTS) is 1.